The Morgan fingerprint density at radius 3 is 2.32 bits per heavy atom. The van der Waals surface area contributed by atoms with Crippen molar-refractivity contribution >= 4 is 35.2 Å². The number of carbonyl (C=O) groups is 3. The van der Waals surface area contributed by atoms with E-state index in [4.69, 9.17) is 9.52 Å². The molecule has 2 amide bonds. The fraction of sp³-hybridized carbons (Fsp3) is 0. The predicted molar refractivity (Wildman–Crippen MR) is 104 cm³/mol. The first kappa shape index (κ1) is 18.7. The molecule has 140 valence electrons. The van der Waals surface area contributed by atoms with Crippen molar-refractivity contribution in [3.63, 3.8) is 0 Å². The van der Waals surface area contributed by atoms with Crippen LogP contribution in [0, 0.1) is 0 Å². The van der Waals surface area contributed by atoms with Crippen molar-refractivity contribution < 1.29 is 23.9 Å². The third kappa shape index (κ3) is 4.73. The molecule has 0 saturated heterocycles. The lowest BCUT2D eigenvalue weighted by molar-refractivity contribution is -0.111. The van der Waals surface area contributed by atoms with Crippen LogP contribution in [0.15, 0.2) is 77.4 Å². The van der Waals surface area contributed by atoms with Gasteiger partial charge in [-0.2, -0.15) is 0 Å². The number of para-hydroxylation sites is 1. The van der Waals surface area contributed by atoms with Crippen LogP contribution in [-0.2, 0) is 4.79 Å². The van der Waals surface area contributed by atoms with Gasteiger partial charge >= 0.3 is 5.97 Å². The average molecular weight is 376 g/mol. The van der Waals surface area contributed by atoms with Crippen LogP contribution in [0.1, 0.15) is 26.5 Å². The summed E-state index contributed by atoms with van der Waals surface area (Å²) in [5.41, 5.74) is 1.17. The van der Waals surface area contributed by atoms with E-state index in [-0.39, 0.29) is 11.1 Å². The zero-order chi connectivity index (χ0) is 19.9. The molecule has 28 heavy (non-hydrogen) atoms. The molecule has 7 nitrogen and oxygen atoms in total. The van der Waals surface area contributed by atoms with Crippen molar-refractivity contribution in [2.75, 3.05) is 10.6 Å². The summed E-state index contributed by atoms with van der Waals surface area (Å²) in [7, 11) is 0. The van der Waals surface area contributed by atoms with E-state index in [0.717, 1.165) is 0 Å². The molecule has 7 heteroatoms. The van der Waals surface area contributed by atoms with Gasteiger partial charge in [-0.15, -0.1) is 0 Å². The van der Waals surface area contributed by atoms with Gasteiger partial charge in [-0.1, -0.05) is 12.1 Å². The second kappa shape index (κ2) is 8.50. The highest BCUT2D eigenvalue weighted by Crippen LogP contribution is 2.18. The van der Waals surface area contributed by atoms with Crippen LogP contribution in [0.2, 0.25) is 0 Å². The van der Waals surface area contributed by atoms with Gasteiger partial charge in [0, 0.05) is 11.8 Å². The van der Waals surface area contributed by atoms with E-state index >= 15 is 0 Å². The summed E-state index contributed by atoms with van der Waals surface area (Å²) in [5, 5.41) is 14.3. The summed E-state index contributed by atoms with van der Waals surface area (Å²) >= 11 is 0. The third-order valence-electron chi connectivity index (χ3n) is 3.76. The van der Waals surface area contributed by atoms with Crippen molar-refractivity contribution in [2.45, 2.75) is 0 Å². The molecular weight excluding hydrogens is 360 g/mol. The Labute approximate surface area is 160 Å². The zero-order valence-corrected chi connectivity index (χ0v) is 14.6. The van der Waals surface area contributed by atoms with E-state index in [0.29, 0.717) is 17.1 Å². The molecule has 0 unspecified atom stereocenters. The van der Waals surface area contributed by atoms with Crippen molar-refractivity contribution in [1.82, 2.24) is 0 Å². The molecule has 0 saturated carbocycles. The minimum atomic E-state index is -1.05. The Hall–Kier alpha value is -4.13. The van der Waals surface area contributed by atoms with E-state index in [2.05, 4.69) is 10.6 Å². The highest BCUT2D eigenvalue weighted by molar-refractivity contribution is 6.11. The van der Waals surface area contributed by atoms with Gasteiger partial charge in [0.15, 0.2) is 0 Å². The smallest absolute Gasteiger partial charge is 0.335 e. The van der Waals surface area contributed by atoms with Gasteiger partial charge in [0.25, 0.3) is 5.91 Å². The summed E-state index contributed by atoms with van der Waals surface area (Å²) in [6, 6.07) is 15.8. The van der Waals surface area contributed by atoms with Crippen molar-refractivity contribution in [3.05, 3.63) is 89.9 Å². The maximum atomic E-state index is 12.6. The van der Waals surface area contributed by atoms with Crippen LogP contribution in [0.3, 0.4) is 0 Å². The summed E-state index contributed by atoms with van der Waals surface area (Å²) in [6.45, 7) is 0. The number of benzene rings is 2. The number of hydrogen-bond acceptors (Lipinski definition) is 4. The number of carboxylic acids is 1. The minimum Gasteiger partial charge on any atom is -0.478 e. The standard InChI is InChI=1S/C21H16N2O5/c24-19(12-11-16-4-3-13-28-16)23-18-6-2-1-5-17(18)20(25)22-15-9-7-14(8-10-15)21(26)27/h1-13H,(H,22,25)(H,23,24)(H,26,27)/b12-11+. The van der Waals surface area contributed by atoms with Gasteiger partial charge in [-0.25, -0.2) is 4.79 Å². The van der Waals surface area contributed by atoms with Crippen LogP contribution >= 0.6 is 0 Å². The van der Waals surface area contributed by atoms with Crippen LogP contribution < -0.4 is 10.6 Å². The molecule has 0 fully saturated rings. The van der Waals surface area contributed by atoms with E-state index in [1.165, 1.54) is 42.7 Å². The Kier molecular flexibility index (Phi) is 5.66. The molecule has 0 bridgehead atoms. The van der Waals surface area contributed by atoms with E-state index in [9.17, 15) is 14.4 Å². The molecule has 1 aromatic heterocycles. The molecule has 3 rings (SSSR count). The fourth-order valence-corrected chi connectivity index (χ4v) is 2.40. The average Bonchev–Trinajstić information content (AvgIpc) is 3.21. The second-order valence-corrected chi connectivity index (χ2v) is 5.72. The molecule has 0 aliphatic carbocycles. The van der Waals surface area contributed by atoms with Gasteiger partial charge in [0.2, 0.25) is 5.91 Å². The number of carbonyl (C=O) groups excluding carboxylic acids is 2. The number of rotatable bonds is 6. The normalized spacial score (nSPS) is 10.6. The van der Waals surface area contributed by atoms with Gasteiger partial charge in [0.1, 0.15) is 5.76 Å². The monoisotopic (exact) mass is 376 g/mol. The maximum Gasteiger partial charge on any atom is 0.335 e. The Balaban J connectivity index is 1.71. The van der Waals surface area contributed by atoms with Crippen molar-refractivity contribution in [3.8, 4) is 0 Å². The van der Waals surface area contributed by atoms with Gasteiger partial charge in [-0.3, -0.25) is 9.59 Å². The fourth-order valence-electron chi connectivity index (χ4n) is 2.40. The molecule has 0 atom stereocenters. The number of aromatic carboxylic acids is 1. The first-order valence-corrected chi connectivity index (χ1v) is 8.29. The number of furan rings is 1. The number of hydrogen-bond donors (Lipinski definition) is 3. The lowest BCUT2D eigenvalue weighted by atomic mass is 10.1. The van der Waals surface area contributed by atoms with Crippen LogP contribution in [0.25, 0.3) is 6.08 Å². The summed E-state index contributed by atoms with van der Waals surface area (Å²) < 4.78 is 5.12. The van der Waals surface area contributed by atoms with Crippen LogP contribution in [0.5, 0.6) is 0 Å². The van der Waals surface area contributed by atoms with Crippen molar-refractivity contribution in [1.29, 1.82) is 0 Å². The predicted octanol–water partition coefficient (Wildman–Crippen LogP) is 3.88. The molecular formula is C21H16N2O5. The number of amides is 2. The largest absolute Gasteiger partial charge is 0.478 e. The molecule has 3 N–H and O–H groups in total. The number of carboxylic acid groups (broad SMARTS) is 1. The quantitative estimate of drug-likeness (QED) is 0.566. The lowest BCUT2D eigenvalue weighted by Gasteiger charge is -2.10. The topological polar surface area (TPSA) is 109 Å². The number of nitrogens with one attached hydrogen (secondary N) is 2. The third-order valence-corrected chi connectivity index (χ3v) is 3.76. The molecule has 3 aromatic rings. The molecule has 0 spiro atoms. The lowest BCUT2D eigenvalue weighted by Crippen LogP contribution is -2.17. The van der Waals surface area contributed by atoms with Crippen molar-refractivity contribution in [2.24, 2.45) is 0 Å². The highest BCUT2D eigenvalue weighted by Gasteiger charge is 2.13. The van der Waals surface area contributed by atoms with Gasteiger partial charge in [0.05, 0.1) is 23.1 Å². The van der Waals surface area contributed by atoms with Crippen LogP contribution in [-0.4, -0.2) is 22.9 Å². The first-order valence-electron chi connectivity index (χ1n) is 8.29. The van der Waals surface area contributed by atoms with Gasteiger partial charge in [-0.05, 0) is 54.6 Å². The summed E-state index contributed by atoms with van der Waals surface area (Å²) in [5.74, 6) is -1.36. The van der Waals surface area contributed by atoms with E-state index in [1.54, 1.807) is 36.4 Å². The zero-order valence-electron chi connectivity index (χ0n) is 14.6. The Morgan fingerprint density at radius 1 is 0.893 bits per heavy atom. The highest BCUT2D eigenvalue weighted by atomic mass is 16.4. The minimum absolute atomic E-state index is 0.119. The molecule has 2 aromatic carbocycles. The number of anilines is 2. The van der Waals surface area contributed by atoms with Gasteiger partial charge < -0.3 is 20.2 Å². The summed E-state index contributed by atoms with van der Waals surface area (Å²) in [4.78, 5) is 35.6. The van der Waals surface area contributed by atoms with E-state index < -0.39 is 17.8 Å². The Bertz CT molecular complexity index is 1020. The van der Waals surface area contributed by atoms with Crippen LogP contribution in [0.4, 0.5) is 11.4 Å². The Morgan fingerprint density at radius 2 is 1.64 bits per heavy atom. The van der Waals surface area contributed by atoms with E-state index in [1.807, 2.05) is 0 Å². The first-order chi connectivity index (χ1) is 13.5. The molecule has 0 aliphatic rings. The second-order valence-electron chi connectivity index (χ2n) is 5.72. The SMILES string of the molecule is O=C(/C=C/c1ccco1)Nc1ccccc1C(=O)Nc1ccc(C(=O)O)cc1. The maximum absolute atomic E-state index is 12.6. The summed E-state index contributed by atoms with van der Waals surface area (Å²) in [6.07, 6.45) is 4.32. The molecule has 0 radical (unpaired) electrons. The molecule has 1 heterocycles. The molecule has 0 aliphatic heterocycles.